The maximum absolute atomic E-state index is 13.2. The molecule has 34 heavy (non-hydrogen) atoms. The van der Waals surface area contributed by atoms with Gasteiger partial charge in [-0.25, -0.2) is 0 Å². The molecule has 5 nitrogen and oxygen atoms in total. The number of rotatable bonds is 7. The van der Waals surface area contributed by atoms with E-state index < -0.39 is 0 Å². The molecule has 9 heteroatoms. The molecule has 0 atom stereocenters. The van der Waals surface area contributed by atoms with Crippen LogP contribution in [0.3, 0.4) is 0 Å². The molecule has 2 heterocycles. The Labute approximate surface area is 227 Å². The normalized spacial score (nSPS) is 14.9. The molecule has 0 bridgehead atoms. The molecule has 1 aliphatic heterocycles. The van der Waals surface area contributed by atoms with E-state index in [4.69, 9.17) is 33.3 Å². The second-order valence-corrected chi connectivity index (χ2v) is 10.8. The number of benzene rings is 2. The first-order valence-corrected chi connectivity index (χ1v) is 13.2. The Hall–Kier alpha value is -2.01. The van der Waals surface area contributed by atoms with Gasteiger partial charge in [0.25, 0.3) is 5.91 Å². The zero-order valence-corrected chi connectivity index (χ0v) is 23.3. The summed E-state index contributed by atoms with van der Waals surface area (Å²) in [6, 6.07) is 15.4. The van der Waals surface area contributed by atoms with E-state index in [-0.39, 0.29) is 5.91 Å². The molecule has 1 aromatic heterocycles. The highest BCUT2D eigenvalue weighted by Gasteiger charge is 2.34. The van der Waals surface area contributed by atoms with Crippen molar-refractivity contribution in [3.8, 4) is 11.5 Å². The lowest BCUT2D eigenvalue weighted by Gasteiger charge is -2.20. The summed E-state index contributed by atoms with van der Waals surface area (Å²) < 4.78 is 15.2. The first-order chi connectivity index (χ1) is 16.3. The molecule has 1 amide bonds. The van der Waals surface area contributed by atoms with E-state index in [1.165, 1.54) is 11.8 Å². The summed E-state index contributed by atoms with van der Waals surface area (Å²) in [5.41, 5.74) is 3.62. The number of aryl methyl sites for hydroxylation is 2. The fraction of sp³-hybridized carbons (Fsp3) is 0.200. The van der Waals surface area contributed by atoms with Crippen LogP contribution in [0.2, 0.25) is 5.02 Å². The number of thioether (sulfide) groups is 1. The summed E-state index contributed by atoms with van der Waals surface area (Å²) in [4.78, 5) is 13.8. The highest BCUT2D eigenvalue weighted by molar-refractivity contribution is 14.1. The molecule has 4 rings (SSSR count). The van der Waals surface area contributed by atoms with Crippen molar-refractivity contribution in [1.82, 2.24) is 4.68 Å². The molecule has 0 saturated carbocycles. The molecule has 1 saturated heterocycles. The number of aromatic nitrogens is 1. The van der Waals surface area contributed by atoms with Crippen LogP contribution < -0.4 is 14.5 Å². The van der Waals surface area contributed by atoms with Crippen LogP contribution in [0.4, 0.5) is 0 Å². The summed E-state index contributed by atoms with van der Waals surface area (Å²) >= 11 is 15.3. The number of amides is 1. The smallest absolute Gasteiger partial charge is 0.285 e. The van der Waals surface area contributed by atoms with Crippen LogP contribution in [-0.4, -0.2) is 21.5 Å². The molecule has 2 aromatic carbocycles. The van der Waals surface area contributed by atoms with E-state index in [1.807, 2.05) is 80.1 Å². The highest BCUT2D eigenvalue weighted by atomic mass is 127. The Morgan fingerprint density at radius 3 is 2.50 bits per heavy atom. The van der Waals surface area contributed by atoms with Gasteiger partial charge in [0.05, 0.1) is 15.1 Å². The van der Waals surface area contributed by atoms with E-state index in [9.17, 15) is 4.79 Å². The molecular formula is C25H22ClIN2O3S2. The van der Waals surface area contributed by atoms with Gasteiger partial charge in [0, 0.05) is 22.0 Å². The third-order valence-corrected chi connectivity index (χ3v) is 7.62. The predicted molar refractivity (Wildman–Crippen MR) is 151 cm³/mol. The maximum Gasteiger partial charge on any atom is 0.285 e. The maximum atomic E-state index is 13.2. The van der Waals surface area contributed by atoms with Crippen molar-refractivity contribution in [3.63, 3.8) is 0 Å². The van der Waals surface area contributed by atoms with Gasteiger partial charge in [-0.1, -0.05) is 41.6 Å². The number of halogens is 2. The van der Waals surface area contributed by atoms with Crippen molar-refractivity contribution >= 4 is 74.5 Å². The summed E-state index contributed by atoms with van der Waals surface area (Å²) in [5.74, 6) is 1.11. The number of thiocarbonyl (C=S) groups is 1. The van der Waals surface area contributed by atoms with Crippen LogP contribution in [0.25, 0.3) is 6.08 Å². The molecule has 0 spiro atoms. The molecule has 0 aliphatic carbocycles. The fourth-order valence-corrected chi connectivity index (χ4v) is 5.81. The largest absolute Gasteiger partial charge is 0.490 e. The predicted octanol–water partition coefficient (Wildman–Crippen LogP) is 6.88. The average molecular weight is 625 g/mol. The topological polar surface area (TPSA) is 43.7 Å². The van der Waals surface area contributed by atoms with Gasteiger partial charge >= 0.3 is 0 Å². The fourth-order valence-electron chi connectivity index (χ4n) is 3.60. The molecule has 1 aliphatic rings. The Kier molecular flexibility index (Phi) is 7.91. The van der Waals surface area contributed by atoms with Crippen molar-refractivity contribution in [1.29, 1.82) is 0 Å². The van der Waals surface area contributed by atoms with Gasteiger partial charge < -0.3 is 9.47 Å². The number of hydrogen-bond acceptors (Lipinski definition) is 5. The Balaban J connectivity index is 1.63. The van der Waals surface area contributed by atoms with E-state index >= 15 is 0 Å². The van der Waals surface area contributed by atoms with E-state index in [1.54, 1.807) is 5.01 Å². The molecule has 1 fully saturated rings. The van der Waals surface area contributed by atoms with E-state index in [2.05, 4.69) is 22.6 Å². The van der Waals surface area contributed by atoms with Gasteiger partial charge in [-0.3, -0.25) is 9.47 Å². The van der Waals surface area contributed by atoms with Crippen LogP contribution in [0.15, 0.2) is 53.4 Å². The van der Waals surface area contributed by atoms with Crippen molar-refractivity contribution in [2.24, 2.45) is 0 Å². The van der Waals surface area contributed by atoms with E-state index in [0.717, 1.165) is 26.1 Å². The minimum atomic E-state index is -0.149. The number of carbonyl (C=O) groups is 1. The minimum absolute atomic E-state index is 0.149. The van der Waals surface area contributed by atoms with Gasteiger partial charge in [0.2, 0.25) is 0 Å². The number of nitrogens with zero attached hydrogens (tertiary/aromatic N) is 2. The number of carbonyl (C=O) groups excluding carboxylic acids is 1. The van der Waals surface area contributed by atoms with Crippen LogP contribution in [0, 0.1) is 17.4 Å². The molecule has 0 N–H and O–H groups in total. The monoisotopic (exact) mass is 624 g/mol. The number of ether oxygens (including phenoxy) is 2. The highest BCUT2D eigenvalue weighted by Crippen LogP contribution is 2.38. The molecular weight excluding hydrogens is 603 g/mol. The lowest BCUT2D eigenvalue weighted by molar-refractivity contribution is -0.114. The van der Waals surface area contributed by atoms with Gasteiger partial charge in [-0.15, -0.1) is 0 Å². The Morgan fingerprint density at radius 2 is 1.82 bits per heavy atom. The third kappa shape index (κ3) is 5.15. The molecule has 0 radical (unpaired) electrons. The third-order valence-electron chi connectivity index (χ3n) is 5.17. The molecule has 3 aromatic rings. The second-order valence-electron chi connectivity index (χ2n) is 7.56. The van der Waals surface area contributed by atoms with Gasteiger partial charge in [0.1, 0.15) is 6.61 Å². The summed E-state index contributed by atoms with van der Waals surface area (Å²) in [5, 5.41) is 2.20. The van der Waals surface area contributed by atoms with E-state index in [0.29, 0.717) is 39.0 Å². The van der Waals surface area contributed by atoms with Crippen molar-refractivity contribution in [2.75, 3.05) is 11.6 Å². The zero-order chi connectivity index (χ0) is 24.4. The Bertz CT molecular complexity index is 1290. The van der Waals surface area contributed by atoms with Crippen molar-refractivity contribution < 1.29 is 14.3 Å². The standard InChI is InChI=1S/C25H22ClIN2O3S2/c1-4-31-21-12-17(11-20(27)23(21)32-14-18-7-5-6-8-19(18)26)13-22-24(30)29(25(33)34-22)28-15(2)9-10-16(28)3/h5-13H,4,14H2,1-3H3/b22-13+. The quantitative estimate of drug-likeness (QED) is 0.163. The average Bonchev–Trinajstić information content (AvgIpc) is 3.25. The van der Waals surface area contributed by atoms with Crippen LogP contribution in [0.5, 0.6) is 11.5 Å². The minimum Gasteiger partial charge on any atom is -0.490 e. The van der Waals surface area contributed by atoms with Gasteiger partial charge in [-0.2, -0.15) is 5.01 Å². The van der Waals surface area contributed by atoms with Crippen LogP contribution in [0.1, 0.15) is 29.4 Å². The van der Waals surface area contributed by atoms with Gasteiger partial charge in [-0.05, 0) is 97.6 Å². The van der Waals surface area contributed by atoms with Crippen LogP contribution in [-0.2, 0) is 11.4 Å². The van der Waals surface area contributed by atoms with Gasteiger partial charge in [0.15, 0.2) is 15.8 Å². The van der Waals surface area contributed by atoms with Crippen molar-refractivity contribution in [2.45, 2.75) is 27.4 Å². The lowest BCUT2D eigenvalue weighted by atomic mass is 10.1. The van der Waals surface area contributed by atoms with Crippen molar-refractivity contribution in [3.05, 3.63) is 84.5 Å². The second kappa shape index (κ2) is 10.7. The first-order valence-electron chi connectivity index (χ1n) is 10.6. The number of hydrogen-bond donors (Lipinski definition) is 0. The lowest BCUT2D eigenvalue weighted by Crippen LogP contribution is -2.39. The zero-order valence-electron chi connectivity index (χ0n) is 18.8. The SMILES string of the molecule is CCOc1cc(/C=C2/SC(=S)N(n3c(C)ccc3C)C2=O)cc(I)c1OCc1ccccc1Cl. The molecule has 0 unspecified atom stereocenters. The summed E-state index contributed by atoms with van der Waals surface area (Å²) in [6.45, 7) is 6.63. The molecule has 176 valence electrons. The Morgan fingerprint density at radius 1 is 1.12 bits per heavy atom. The summed E-state index contributed by atoms with van der Waals surface area (Å²) in [7, 11) is 0. The van der Waals surface area contributed by atoms with Crippen LogP contribution >= 0.6 is 58.2 Å². The first kappa shape index (κ1) is 25.1. The summed E-state index contributed by atoms with van der Waals surface area (Å²) in [6.07, 6.45) is 1.84.